The van der Waals surface area contributed by atoms with Gasteiger partial charge in [0.1, 0.15) is 5.60 Å². The number of hydrogen-bond acceptors (Lipinski definition) is 6. The lowest BCUT2D eigenvalue weighted by molar-refractivity contribution is 0.0139. The van der Waals surface area contributed by atoms with Crippen LogP contribution in [0.2, 0.25) is 0 Å². The van der Waals surface area contributed by atoms with E-state index < -0.39 is 5.60 Å². The first-order valence-corrected chi connectivity index (χ1v) is 10.3. The molecule has 0 radical (unpaired) electrons. The third-order valence-electron chi connectivity index (χ3n) is 4.93. The fraction of sp³-hybridized carbons (Fsp3) is 0.500. The lowest BCUT2D eigenvalue weighted by Crippen LogP contribution is -2.49. The minimum atomic E-state index is -0.464. The second-order valence-electron chi connectivity index (χ2n) is 8.63. The van der Waals surface area contributed by atoms with Gasteiger partial charge < -0.3 is 15.0 Å². The van der Waals surface area contributed by atoms with E-state index in [2.05, 4.69) is 44.5 Å². The van der Waals surface area contributed by atoms with Gasteiger partial charge in [0.2, 0.25) is 5.95 Å². The Morgan fingerprint density at radius 1 is 1.17 bits per heavy atom. The molecule has 0 bridgehead atoms. The molecule has 1 amide bonds. The highest BCUT2D eigenvalue weighted by Crippen LogP contribution is 2.18. The summed E-state index contributed by atoms with van der Waals surface area (Å²) in [7, 11) is 0. The van der Waals surface area contributed by atoms with Crippen LogP contribution in [0.3, 0.4) is 0 Å². The Kier molecular flexibility index (Phi) is 6.77. The maximum atomic E-state index is 12.2. The van der Waals surface area contributed by atoms with Crippen LogP contribution >= 0.6 is 0 Å². The summed E-state index contributed by atoms with van der Waals surface area (Å²) in [5.74, 6) is 0.460. The Morgan fingerprint density at radius 2 is 1.83 bits per heavy atom. The molecule has 1 aliphatic heterocycles. The molecule has 0 aliphatic carbocycles. The molecule has 1 saturated heterocycles. The number of rotatable bonds is 5. The molecule has 2 heterocycles. The SMILES string of the molecule is C[C@H](Nc1nccc(=O)[nH]1)c1ccc(CN2CCN(C(=O)OC(C)(C)C)CC2)cc1. The Morgan fingerprint density at radius 3 is 2.43 bits per heavy atom. The zero-order valence-corrected chi connectivity index (χ0v) is 18.1. The van der Waals surface area contributed by atoms with Crippen LogP contribution in [0.5, 0.6) is 0 Å². The molecule has 2 N–H and O–H groups in total. The van der Waals surface area contributed by atoms with E-state index >= 15 is 0 Å². The van der Waals surface area contributed by atoms with E-state index in [-0.39, 0.29) is 17.7 Å². The molecule has 1 aromatic carbocycles. The maximum absolute atomic E-state index is 12.2. The first-order chi connectivity index (χ1) is 14.2. The van der Waals surface area contributed by atoms with Gasteiger partial charge in [-0.05, 0) is 38.8 Å². The summed E-state index contributed by atoms with van der Waals surface area (Å²) in [5, 5.41) is 3.20. The van der Waals surface area contributed by atoms with Crippen LogP contribution in [0.4, 0.5) is 10.7 Å². The van der Waals surface area contributed by atoms with Gasteiger partial charge in [-0.1, -0.05) is 24.3 Å². The predicted molar refractivity (Wildman–Crippen MR) is 116 cm³/mol. The molecule has 2 aromatic rings. The van der Waals surface area contributed by atoms with Crippen LogP contribution in [-0.2, 0) is 11.3 Å². The summed E-state index contributed by atoms with van der Waals surface area (Å²) in [4.78, 5) is 34.5. The summed E-state index contributed by atoms with van der Waals surface area (Å²) in [6.45, 7) is 11.5. The number of benzene rings is 1. The van der Waals surface area contributed by atoms with E-state index in [0.717, 1.165) is 25.2 Å². The van der Waals surface area contributed by atoms with Crippen LogP contribution in [0.15, 0.2) is 41.3 Å². The van der Waals surface area contributed by atoms with Crippen molar-refractivity contribution in [3.05, 3.63) is 58.0 Å². The molecule has 1 atom stereocenters. The van der Waals surface area contributed by atoms with Gasteiger partial charge in [-0.25, -0.2) is 9.78 Å². The lowest BCUT2D eigenvalue weighted by Gasteiger charge is -2.35. The van der Waals surface area contributed by atoms with Crippen molar-refractivity contribution in [2.24, 2.45) is 0 Å². The minimum absolute atomic E-state index is 0.0157. The molecule has 162 valence electrons. The predicted octanol–water partition coefficient (Wildman–Crippen LogP) is 3.00. The monoisotopic (exact) mass is 413 g/mol. The zero-order valence-electron chi connectivity index (χ0n) is 18.1. The van der Waals surface area contributed by atoms with E-state index in [1.807, 2.05) is 27.7 Å². The maximum Gasteiger partial charge on any atom is 0.410 e. The molecule has 3 rings (SSSR count). The van der Waals surface area contributed by atoms with Crippen molar-refractivity contribution in [1.82, 2.24) is 19.8 Å². The number of carbonyl (C=O) groups is 1. The van der Waals surface area contributed by atoms with Gasteiger partial charge in [-0.3, -0.25) is 14.7 Å². The molecule has 1 aromatic heterocycles. The van der Waals surface area contributed by atoms with Gasteiger partial charge >= 0.3 is 6.09 Å². The number of hydrogen-bond donors (Lipinski definition) is 2. The number of aromatic amines is 1. The minimum Gasteiger partial charge on any atom is -0.444 e. The van der Waals surface area contributed by atoms with Gasteiger partial charge in [0, 0.05) is 45.0 Å². The van der Waals surface area contributed by atoms with E-state index in [9.17, 15) is 9.59 Å². The molecule has 0 spiro atoms. The van der Waals surface area contributed by atoms with Gasteiger partial charge in [0.25, 0.3) is 5.56 Å². The van der Waals surface area contributed by atoms with E-state index in [1.165, 1.54) is 17.8 Å². The van der Waals surface area contributed by atoms with Crippen molar-refractivity contribution < 1.29 is 9.53 Å². The summed E-state index contributed by atoms with van der Waals surface area (Å²) < 4.78 is 5.45. The van der Waals surface area contributed by atoms with Crippen LogP contribution in [0.1, 0.15) is 44.9 Å². The van der Waals surface area contributed by atoms with Gasteiger partial charge in [0.15, 0.2) is 0 Å². The highest BCUT2D eigenvalue weighted by atomic mass is 16.6. The van der Waals surface area contributed by atoms with Gasteiger partial charge in [-0.2, -0.15) is 0 Å². The molecule has 8 nitrogen and oxygen atoms in total. The summed E-state index contributed by atoms with van der Waals surface area (Å²) in [5.41, 5.74) is 1.69. The number of nitrogens with zero attached hydrogens (tertiary/aromatic N) is 3. The first kappa shape index (κ1) is 21.8. The van der Waals surface area contributed by atoms with Crippen LogP contribution < -0.4 is 10.9 Å². The summed E-state index contributed by atoms with van der Waals surface area (Å²) in [6.07, 6.45) is 1.25. The Hall–Kier alpha value is -2.87. The quantitative estimate of drug-likeness (QED) is 0.783. The zero-order chi connectivity index (χ0) is 21.7. The van der Waals surface area contributed by atoms with Crippen molar-refractivity contribution in [2.75, 3.05) is 31.5 Å². The Bertz CT molecular complexity index is 896. The number of nitrogens with one attached hydrogen (secondary N) is 2. The largest absolute Gasteiger partial charge is 0.444 e. The number of ether oxygens (including phenoxy) is 1. The molecule has 1 fully saturated rings. The second kappa shape index (κ2) is 9.30. The highest BCUT2D eigenvalue weighted by molar-refractivity contribution is 5.68. The summed E-state index contributed by atoms with van der Waals surface area (Å²) >= 11 is 0. The number of piperazine rings is 1. The molecular formula is C22H31N5O3. The number of anilines is 1. The summed E-state index contributed by atoms with van der Waals surface area (Å²) in [6, 6.07) is 9.82. The Labute approximate surface area is 177 Å². The highest BCUT2D eigenvalue weighted by Gasteiger charge is 2.25. The number of aromatic nitrogens is 2. The van der Waals surface area contributed by atoms with Crippen LogP contribution in [0, 0.1) is 0 Å². The smallest absolute Gasteiger partial charge is 0.410 e. The van der Waals surface area contributed by atoms with Crippen molar-refractivity contribution in [3.63, 3.8) is 0 Å². The Balaban J connectivity index is 1.49. The first-order valence-electron chi connectivity index (χ1n) is 10.3. The average Bonchev–Trinajstić information content (AvgIpc) is 2.68. The average molecular weight is 414 g/mol. The molecule has 1 aliphatic rings. The van der Waals surface area contributed by atoms with Gasteiger partial charge in [0.05, 0.1) is 6.04 Å². The molecule has 30 heavy (non-hydrogen) atoms. The molecule has 0 saturated carbocycles. The normalized spacial score (nSPS) is 16.2. The van der Waals surface area contributed by atoms with Crippen molar-refractivity contribution >= 4 is 12.0 Å². The number of amides is 1. The number of H-pyrrole nitrogens is 1. The van der Waals surface area contributed by atoms with Crippen molar-refractivity contribution in [1.29, 1.82) is 0 Å². The van der Waals surface area contributed by atoms with Gasteiger partial charge in [-0.15, -0.1) is 0 Å². The third kappa shape index (κ3) is 6.32. The third-order valence-corrected chi connectivity index (χ3v) is 4.93. The molecule has 8 heteroatoms. The lowest BCUT2D eigenvalue weighted by atomic mass is 10.1. The second-order valence-corrected chi connectivity index (χ2v) is 8.63. The van der Waals surface area contributed by atoms with E-state index in [1.54, 1.807) is 4.90 Å². The van der Waals surface area contributed by atoms with Crippen molar-refractivity contribution in [2.45, 2.75) is 45.9 Å². The van der Waals surface area contributed by atoms with Crippen molar-refractivity contribution in [3.8, 4) is 0 Å². The standard InChI is InChI=1S/C22H31N5O3/c1-16(24-20-23-10-9-19(28)25-20)18-7-5-17(6-8-18)15-26-11-13-27(14-12-26)21(29)30-22(2,3)4/h5-10,16H,11-15H2,1-4H3,(H2,23,24,25,28)/t16-/m0/s1. The van der Waals surface area contributed by atoms with E-state index in [4.69, 9.17) is 4.74 Å². The fourth-order valence-corrected chi connectivity index (χ4v) is 3.32. The van der Waals surface area contributed by atoms with E-state index in [0.29, 0.717) is 19.0 Å². The fourth-order valence-electron chi connectivity index (χ4n) is 3.32. The topological polar surface area (TPSA) is 90.6 Å². The van der Waals surface area contributed by atoms with Crippen LogP contribution in [0.25, 0.3) is 0 Å². The van der Waals surface area contributed by atoms with Crippen LogP contribution in [-0.4, -0.2) is 57.6 Å². The molecular weight excluding hydrogens is 382 g/mol. The molecule has 0 unspecified atom stereocenters. The number of carbonyl (C=O) groups excluding carboxylic acids is 1.